The molecule has 3 aromatic rings. The number of benzene rings is 1. The molecular weight excluding hydrogens is 374 g/mol. The average molecular weight is 398 g/mol. The third-order valence-corrected chi connectivity index (χ3v) is 5.91. The number of rotatable bonds is 4. The number of aromatic amines is 1. The molecule has 1 aliphatic carbocycles. The van der Waals surface area contributed by atoms with Gasteiger partial charge in [0.25, 0.3) is 0 Å². The van der Waals surface area contributed by atoms with E-state index in [1.54, 1.807) is 18.3 Å². The minimum Gasteiger partial charge on any atom is -0.339 e. The van der Waals surface area contributed by atoms with Gasteiger partial charge in [0.15, 0.2) is 11.6 Å². The third-order valence-electron chi connectivity index (χ3n) is 5.91. The van der Waals surface area contributed by atoms with Gasteiger partial charge < -0.3 is 16.0 Å². The Labute approximate surface area is 167 Å². The molecule has 1 unspecified atom stereocenters. The summed E-state index contributed by atoms with van der Waals surface area (Å²) < 4.78 is 26.8. The van der Waals surface area contributed by atoms with Crippen molar-refractivity contribution in [2.75, 3.05) is 5.32 Å². The van der Waals surface area contributed by atoms with Crippen LogP contribution in [-0.2, 0) is 4.79 Å². The van der Waals surface area contributed by atoms with Crippen LogP contribution in [0.5, 0.6) is 0 Å². The lowest BCUT2D eigenvalue weighted by Crippen LogP contribution is -2.33. The minimum absolute atomic E-state index is 0.00352. The number of fused-ring (bicyclic) bond motifs is 1. The summed E-state index contributed by atoms with van der Waals surface area (Å²) in [7, 11) is 0. The van der Waals surface area contributed by atoms with Crippen LogP contribution in [0.2, 0.25) is 0 Å². The molecule has 7 heteroatoms. The summed E-state index contributed by atoms with van der Waals surface area (Å²) in [5, 5.41) is 3.75. The maximum Gasteiger partial charge on any atom is 0.227 e. The van der Waals surface area contributed by atoms with Crippen LogP contribution in [0, 0.1) is 23.5 Å². The zero-order valence-corrected chi connectivity index (χ0v) is 16.2. The molecule has 0 aliphatic heterocycles. The highest BCUT2D eigenvalue weighted by Gasteiger charge is 2.28. The van der Waals surface area contributed by atoms with E-state index >= 15 is 0 Å². The number of hydrogen-bond donors (Lipinski definition) is 3. The molecule has 4 rings (SSSR count). The standard InChI is InChI=1S/C22H24F2N4O/c1-12(25)13-2-4-14(5-3-13)22(29)28-19-8-9-26-21-16(19)11-20(27-21)15-6-7-17(23)18(24)10-15/h6-14H,2-5,25H2,1H3,(H2,26,27,28,29)/t12?,13-,14-. The van der Waals surface area contributed by atoms with E-state index in [1.165, 1.54) is 6.07 Å². The van der Waals surface area contributed by atoms with Crippen LogP contribution >= 0.6 is 0 Å². The number of carbonyl (C=O) groups excluding carboxylic acids is 1. The van der Waals surface area contributed by atoms with Crippen LogP contribution in [0.15, 0.2) is 36.5 Å². The Morgan fingerprint density at radius 2 is 1.93 bits per heavy atom. The molecule has 1 atom stereocenters. The number of H-pyrrole nitrogens is 1. The average Bonchev–Trinajstić information content (AvgIpc) is 3.15. The Hall–Kier alpha value is -2.80. The first-order valence-corrected chi connectivity index (χ1v) is 9.92. The topological polar surface area (TPSA) is 83.8 Å². The fourth-order valence-electron chi connectivity index (χ4n) is 4.10. The molecule has 1 aromatic carbocycles. The number of nitrogens with two attached hydrogens (primary N) is 1. The van der Waals surface area contributed by atoms with E-state index in [0.29, 0.717) is 28.5 Å². The largest absolute Gasteiger partial charge is 0.339 e. The number of aromatic nitrogens is 2. The number of nitrogens with one attached hydrogen (secondary N) is 2. The molecule has 2 aromatic heterocycles. The molecule has 0 radical (unpaired) electrons. The number of nitrogens with zero attached hydrogens (tertiary/aromatic N) is 1. The molecule has 0 saturated heterocycles. The predicted molar refractivity (Wildman–Crippen MR) is 109 cm³/mol. The maximum atomic E-state index is 13.6. The monoisotopic (exact) mass is 398 g/mol. The Morgan fingerprint density at radius 1 is 1.17 bits per heavy atom. The van der Waals surface area contributed by atoms with Gasteiger partial charge in [-0.25, -0.2) is 13.8 Å². The van der Waals surface area contributed by atoms with Gasteiger partial charge in [0.05, 0.1) is 5.69 Å². The van der Waals surface area contributed by atoms with Gasteiger partial charge in [-0.2, -0.15) is 0 Å². The Balaban J connectivity index is 1.54. The van der Waals surface area contributed by atoms with E-state index in [0.717, 1.165) is 43.2 Å². The molecule has 4 N–H and O–H groups in total. The highest BCUT2D eigenvalue weighted by atomic mass is 19.2. The lowest BCUT2D eigenvalue weighted by molar-refractivity contribution is -0.121. The zero-order chi connectivity index (χ0) is 20.5. The molecule has 0 bridgehead atoms. The molecule has 1 fully saturated rings. The zero-order valence-electron chi connectivity index (χ0n) is 16.2. The van der Waals surface area contributed by atoms with Crippen molar-refractivity contribution in [1.82, 2.24) is 9.97 Å². The van der Waals surface area contributed by atoms with Crippen LogP contribution in [0.4, 0.5) is 14.5 Å². The molecular formula is C22H24F2N4O. The Bertz CT molecular complexity index is 1040. The molecule has 29 heavy (non-hydrogen) atoms. The number of anilines is 1. The highest BCUT2D eigenvalue weighted by molar-refractivity contribution is 6.02. The normalized spacial score (nSPS) is 20.6. The van der Waals surface area contributed by atoms with Gasteiger partial charge in [0, 0.05) is 34.8 Å². The first kappa shape index (κ1) is 19.5. The van der Waals surface area contributed by atoms with E-state index < -0.39 is 11.6 Å². The molecule has 0 spiro atoms. The minimum atomic E-state index is -0.912. The lowest BCUT2D eigenvalue weighted by Gasteiger charge is -2.30. The second kappa shape index (κ2) is 7.91. The van der Waals surface area contributed by atoms with Gasteiger partial charge in [-0.05, 0) is 68.9 Å². The van der Waals surface area contributed by atoms with Gasteiger partial charge in [-0.1, -0.05) is 0 Å². The smallest absolute Gasteiger partial charge is 0.227 e. The fourth-order valence-corrected chi connectivity index (χ4v) is 4.10. The first-order valence-electron chi connectivity index (χ1n) is 9.92. The predicted octanol–water partition coefficient (Wildman–Crippen LogP) is 4.60. The molecule has 1 saturated carbocycles. The van der Waals surface area contributed by atoms with Crippen molar-refractivity contribution in [2.45, 2.75) is 38.6 Å². The van der Waals surface area contributed by atoms with E-state index in [4.69, 9.17) is 5.73 Å². The first-order chi connectivity index (χ1) is 13.9. The SMILES string of the molecule is CC(N)[C@H]1CC[C@H](C(=O)Nc2ccnc3[nH]c(-c4ccc(F)c(F)c4)cc23)CC1. The van der Waals surface area contributed by atoms with Gasteiger partial charge in [0.2, 0.25) is 5.91 Å². The third kappa shape index (κ3) is 4.00. The molecule has 5 nitrogen and oxygen atoms in total. The summed E-state index contributed by atoms with van der Waals surface area (Å²) in [6.45, 7) is 2.02. The summed E-state index contributed by atoms with van der Waals surface area (Å²) in [5.74, 6) is -1.36. The fraction of sp³-hybridized carbons (Fsp3) is 0.364. The van der Waals surface area contributed by atoms with E-state index in [9.17, 15) is 13.6 Å². The highest BCUT2D eigenvalue weighted by Crippen LogP contribution is 2.33. The summed E-state index contributed by atoms with van der Waals surface area (Å²) in [6, 6.07) is 7.42. The van der Waals surface area contributed by atoms with Crippen molar-refractivity contribution >= 4 is 22.6 Å². The molecule has 152 valence electrons. The second-order valence-electron chi connectivity index (χ2n) is 7.89. The number of amides is 1. The molecule has 2 heterocycles. The van der Waals surface area contributed by atoms with Crippen molar-refractivity contribution in [1.29, 1.82) is 0 Å². The van der Waals surface area contributed by atoms with E-state index in [1.807, 2.05) is 6.92 Å². The van der Waals surface area contributed by atoms with Gasteiger partial charge in [-0.15, -0.1) is 0 Å². The number of carbonyl (C=O) groups is 1. The number of halogens is 2. The number of hydrogen-bond acceptors (Lipinski definition) is 3. The summed E-state index contributed by atoms with van der Waals surface area (Å²) in [4.78, 5) is 20.2. The van der Waals surface area contributed by atoms with Crippen LogP contribution in [0.25, 0.3) is 22.3 Å². The molecule has 1 aliphatic rings. The van der Waals surface area contributed by atoms with Crippen LogP contribution in [0.1, 0.15) is 32.6 Å². The van der Waals surface area contributed by atoms with E-state index in [-0.39, 0.29) is 17.9 Å². The Kier molecular flexibility index (Phi) is 5.32. The van der Waals surface area contributed by atoms with Crippen molar-refractivity contribution < 1.29 is 13.6 Å². The van der Waals surface area contributed by atoms with Crippen molar-refractivity contribution in [2.24, 2.45) is 17.6 Å². The Morgan fingerprint density at radius 3 is 2.62 bits per heavy atom. The van der Waals surface area contributed by atoms with Crippen molar-refractivity contribution in [3.8, 4) is 11.3 Å². The van der Waals surface area contributed by atoms with E-state index in [2.05, 4.69) is 15.3 Å². The summed E-state index contributed by atoms with van der Waals surface area (Å²) in [5.41, 5.74) is 8.32. The second-order valence-corrected chi connectivity index (χ2v) is 7.89. The summed E-state index contributed by atoms with van der Waals surface area (Å²) >= 11 is 0. The van der Waals surface area contributed by atoms with Crippen molar-refractivity contribution in [3.63, 3.8) is 0 Å². The molecule has 1 amide bonds. The van der Waals surface area contributed by atoms with Gasteiger partial charge >= 0.3 is 0 Å². The van der Waals surface area contributed by atoms with Gasteiger partial charge in [0.1, 0.15) is 5.65 Å². The number of pyridine rings is 1. The quantitative estimate of drug-likeness (QED) is 0.601. The van der Waals surface area contributed by atoms with Crippen LogP contribution in [-0.4, -0.2) is 21.9 Å². The maximum absolute atomic E-state index is 13.6. The van der Waals surface area contributed by atoms with Gasteiger partial charge in [-0.3, -0.25) is 4.79 Å². The summed E-state index contributed by atoms with van der Waals surface area (Å²) in [6.07, 6.45) is 5.20. The van der Waals surface area contributed by atoms with Crippen LogP contribution in [0.3, 0.4) is 0 Å². The lowest BCUT2D eigenvalue weighted by atomic mass is 9.79. The van der Waals surface area contributed by atoms with Crippen molar-refractivity contribution in [3.05, 3.63) is 48.2 Å². The van der Waals surface area contributed by atoms with Crippen LogP contribution < -0.4 is 11.1 Å².